The maximum Gasteiger partial charge on any atom is 0.161 e. The molecule has 0 aliphatic carbocycles. The number of hydrogen-bond donors (Lipinski definition) is 3. The Balaban J connectivity index is 0.000000128. The lowest BCUT2D eigenvalue weighted by molar-refractivity contribution is -0.0344. The van der Waals surface area contributed by atoms with Crippen molar-refractivity contribution in [1.29, 1.82) is 0 Å². The van der Waals surface area contributed by atoms with Gasteiger partial charge in [-0.15, -0.1) is 0 Å². The number of aromatic nitrogens is 24. The Labute approximate surface area is 691 Å². The van der Waals surface area contributed by atoms with E-state index in [0.29, 0.717) is 66.3 Å². The second kappa shape index (κ2) is 35.0. The molecule has 0 aromatic carbocycles. The van der Waals surface area contributed by atoms with Crippen LogP contribution in [0, 0.1) is 59.0 Å². The molecule has 15 aromatic rings. The van der Waals surface area contributed by atoms with Crippen molar-refractivity contribution in [3.05, 3.63) is 286 Å². The number of halogens is 3. The number of piperazine rings is 3. The van der Waals surface area contributed by atoms with Gasteiger partial charge in [-0.2, -0.15) is 30.6 Å². The second-order valence-electron chi connectivity index (χ2n) is 31.1. The zero-order valence-corrected chi connectivity index (χ0v) is 67.9. The predicted molar refractivity (Wildman–Crippen MR) is 447 cm³/mol. The zero-order chi connectivity index (χ0) is 82.5. The summed E-state index contributed by atoms with van der Waals surface area (Å²) in [6.07, 6.45) is 21.8. The summed E-state index contributed by atoms with van der Waals surface area (Å²) in [5.41, 5.74) is 17.6. The van der Waals surface area contributed by atoms with Gasteiger partial charge in [0.25, 0.3) is 0 Å². The first-order chi connectivity index (χ1) is 58.3. The number of fused-ring (bicyclic) bond motifs is 2. The van der Waals surface area contributed by atoms with Crippen LogP contribution in [-0.4, -0.2) is 212 Å². The van der Waals surface area contributed by atoms with Gasteiger partial charge in [0.2, 0.25) is 0 Å². The van der Waals surface area contributed by atoms with Crippen LogP contribution < -0.4 is 14.7 Å². The molecule has 4 atom stereocenters. The molecule has 3 N–H and O–H groups in total. The molecule has 2 bridgehead atoms. The van der Waals surface area contributed by atoms with Gasteiger partial charge in [-0.25, -0.2) is 87.0 Å². The van der Waals surface area contributed by atoms with E-state index in [-0.39, 0.29) is 29.5 Å². The quantitative estimate of drug-likeness (QED) is 0.0602. The molecule has 15 aromatic heterocycles. The first-order valence-electron chi connectivity index (χ1n) is 40.2. The van der Waals surface area contributed by atoms with Crippen LogP contribution >= 0.6 is 0 Å². The van der Waals surface area contributed by atoms with Crippen LogP contribution in [0.2, 0.25) is 0 Å². The maximum atomic E-state index is 13.3. The van der Waals surface area contributed by atoms with E-state index in [1.54, 1.807) is 0 Å². The molecule has 4 unspecified atom stereocenters. The van der Waals surface area contributed by atoms with Gasteiger partial charge >= 0.3 is 0 Å². The molecular weight excluding hydrogens is 1520 g/mol. The lowest BCUT2D eigenvalue weighted by atomic mass is 9.84. The van der Waals surface area contributed by atoms with E-state index in [9.17, 15) is 13.2 Å². The molecule has 0 radical (unpaired) electrons. The van der Waals surface area contributed by atoms with Crippen LogP contribution in [0.3, 0.4) is 0 Å². The van der Waals surface area contributed by atoms with Crippen molar-refractivity contribution in [3.63, 3.8) is 0 Å². The fourth-order valence-corrected chi connectivity index (χ4v) is 16.0. The van der Waals surface area contributed by atoms with Crippen LogP contribution in [0.5, 0.6) is 0 Å². The molecule has 0 amide bonds. The maximum absolute atomic E-state index is 13.3. The third kappa shape index (κ3) is 18.7. The second-order valence-corrected chi connectivity index (χ2v) is 31.1. The van der Waals surface area contributed by atoms with E-state index in [1.165, 1.54) is 57.6 Å². The number of H-pyrrole nitrogens is 3. The average molecular weight is 1610 g/mol. The van der Waals surface area contributed by atoms with E-state index in [2.05, 4.69) is 143 Å². The van der Waals surface area contributed by atoms with E-state index in [0.717, 1.165) is 191 Å². The third-order valence-electron chi connectivity index (χ3n) is 22.1. The molecule has 20 rings (SSSR count). The monoisotopic (exact) mass is 1610 g/mol. The highest BCUT2D eigenvalue weighted by atomic mass is 19.1. The van der Waals surface area contributed by atoms with E-state index in [4.69, 9.17) is 29.9 Å². The Morgan fingerprint density at radius 2 is 0.733 bits per heavy atom. The third-order valence-corrected chi connectivity index (χ3v) is 22.1. The van der Waals surface area contributed by atoms with Gasteiger partial charge in [-0.1, -0.05) is 18.2 Å². The Kier molecular flexibility index (Phi) is 23.0. The Morgan fingerprint density at radius 3 is 1.07 bits per heavy atom. The van der Waals surface area contributed by atoms with Crippen LogP contribution in [0.15, 0.2) is 184 Å². The van der Waals surface area contributed by atoms with Gasteiger partial charge in [0.1, 0.15) is 17.5 Å². The van der Waals surface area contributed by atoms with Gasteiger partial charge in [-0.3, -0.25) is 30.0 Å². The minimum absolute atomic E-state index is 0.214. The number of aromatic amines is 3. The molecule has 120 heavy (non-hydrogen) atoms. The minimum Gasteiger partial charge on any atom is -0.354 e. The molecule has 5 aliphatic rings. The molecule has 33 heteroatoms. The number of hydrogen-bond acceptors (Lipinski definition) is 24. The van der Waals surface area contributed by atoms with Gasteiger partial charge in [0.15, 0.2) is 52.4 Å². The van der Waals surface area contributed by atoms with Gasteiger partial charge in [0.05, 0.1) is 71.3 Å². The van der Waals surface area contributed by atoms with Crippen molar-refractivity contribution in [2.45, 2.75) is 112 Å². The molecule has 0 saturated carbocycles. The molecule has 610 valence electrons. The van der Waals surface area contributed by atoms with Crippen molar-refractivity contribution >= 4 is 17.5 Å². The largest absolute Gasteiger partial charge is 0.354 e. The topological polar surface area (TPSA) is 314 Å². The summed E-state index contributed by atoms with van der Waals surface area (Å²) in [6.45, 7) is 26.2. The van der Waals surface area contributed by atoms with Gasteiger partial charge in [0, 0.05) is 203 Å². The number of rotatable bonds is 21. The van der Waals surface area contributed by atoms with E-state index < -0.39 is 0 Å². The summed E-state index contributed by atoms with van der Waals surface area (Å²) in [6, 6.07) is 37.6. The highest BCUT2D eigenvalue weighted by molar-refractivity contribution is 5.60. The lowest BCUT2D eigenvalue weighted by Gasteiger charge is -2.59. The van der Waals surface area contributed by atoms with Crippen molar-refractivity contribution in [1.82, 2.24) is 134 Å². The molecule has 20 heterocycles. The van der Waals surface area contributed by atoms with E-state index in [1.807, 2.05) is 164 Å². The molecule has 0 spiro atoms. The number of pyridine rings is 6. The molecule has 5 saturated heterocycles. The number of anilines is 3. The van der Waals surface area contributed by atoms with Gasteiger partial charge in [-0.05, 0) is 169 Å². The molecular formula is C87H91F3N30. The summed E-state index contributed by atoms with van der Waals surface area (Å²) in [5.74, 6) is 5.60. The zero-order valence-electron chi connectivity index (χ0n) is 67.9. The Bertz CT molecular complexity index is 5950. The minimum atomic E-state index is -0.379. The fourth-order valence-electron chi connectivity index (χ4n) is 16.0. The fraction of sp³-hybridized carbons (Fsp3) is 0.310. The van der Waals surface area contributed by atoms with Crippen molar-refractivity contribution in [3.8, 4) is 51.6 Å². The van der Waals surface area contributed by atoms with Crippen LogP contribution in [0.25, 0.3) is 51.6 Å². The van der Waals surface area contributed by atoms with E-state index >= 15 is 0 Å². The summed E-state index contributed by atoms with van der Waals surface area (Å²) < 4.78 is 44.1. The lowest BCUT2D eigenvalue weighted by Crippen LogP contribution is -2.69. The molecule has 5 aliphatic heterocycles. The highest BCUT2D eigenvalue weighted by Gasteiger charge is 2.47. The van der Waals surface area contributed by atoms with Crippen molar-refractivity contribution in [2.24, 2.45) is 0 Å². The smallest absolute Gasteiger partial charge is 0.161 e. The molecule has 5 fully saturated rings. The highest BCUT2D eigenvalue weighted by Crippen LogP contribution is 2.41. The SMILES string of the molecule is Cc1cc(Cc2cc(C)[nH]n2)nc(-c2ccc(N3CC4CC(C3)N4C(C)c3ccc(-n4cc(F)cn4)nc3)nc2)n1.Cc1cc(Cc2cc(C)[nH]n2)nc(-c2ccc(N3CCN(C(C)c4ccc(-n5cc(F)cn5)nc4)CC3)nc2)n1.Cc1cc(Cc2cc(C)[nH]n2)nc(-c2ccc(N3CCN(Cc4ccc(-n5cc(F)cn5)nc4)CC3)nc2)n1. The first kappa shape index (κ1) is 79.0. The first-order valence-corrected chi connectivity index (χ1v) is 40.2. The number of aryl methyl sites for hydroxylation is 6. The number of piperidine rings is 1. The Hall–Kier alpha value is -13.5. The summed E-state index contributed by atoms with van der Waals surface area (Å²) >= 11 is 0. The summed E-state index contributed by atoms with van der Waals surface area (Å²) in [7, 11) is 0. The predicted octanol–water partition coefficient (Wildman–Crippen LogP) is 11.8. The normalized spacial score (nSPS) is 16.2. The van der Waals surface area contributed by atoms with Crippen LogP contribution in [0.1, 0.15) is 117 Å². The number of nitrogens with one attached hydrogen (secondary N) is 3. The standard InChI is InChI=1S/C30H31FN10.C29H31FN10.C28H29FN10/c1-18-8-24(10-25-9-19(2)37-38-25)36-30(35-18)22-5-6-28(32-13-22)39-16-26-11-27(17-39)41(26)20(3)21-4-7-29(33-12-21)40-15-23(31)14-34-40;1-19-12-25(14-26-13-20(2)36-37-26)35-29(34-19)23-5-6-27(31-16-23)39-10-8-38(9-11-39)21(3)22-4-7-28(32-15-22)40-18-24(30)17-33-40;1-19-11-24(13-25-12-20(2)35-36-25)34-28(33-19)22-4-6-26(31-15-22)38-9-7-37(8-10-38)17-21-3-5-27(30-14-21)39-18-23(29)16-32-39/h4-9,12-15,20,26-27H,10-11,16-17H2,1-3H3,(H,37,38);4-7,12-13,15-18,21H,8-11,14H2,1-3H3,(H,36,37);3-6,11-12,14-16,18H,7-10,13,17H2,1-2H3,(H,35,36). The van der Waals surface area contributed by atoms with Gasteiger partial charge < -0.3 is 14.7 Å². The molecule has 30 nitrogen and oxygen atoms in total. The van der Waals surface area contributed by atoms with Crippen molar-refractivity contribution in [2.75, 3.05) is 80.1 Å². The van der Waals surface area contributed by atoms with Crippen LogP contribution in [0.4, 0.5) is 30.6 Å². The Morgan fingerprint density at radius 1 is 0.367 bits per heavy atom. The van der Waals surface area contributed by atoms with Crippen LogP contribution in [-0.2, 0) is 25.8 Å². The van der Waals surface area contributed by atoms with Crippen molar-refractivity contribution < 1.29 is 13.2 Å². The number of nitrogens with zero attached hydrogens (tertiary/aromatic N) is 27. The summed E-state index contributed by atoms with van der Waals surface area (Å²) in [5, 5.41) is 33.9. The average Bonchev–Trinajstić information content (AvgIpc) is 1.72. The summed E-state index contributed by atoms with van der Waals surface area (Å²) in [4.78, 5) is 70.5.